The number of carbonyl (C=O) groups excluding carboxylic acids is 1. The number of aromatic nitrogens is 2. The average molecular weight is 518 g/mol. The van der Waals surface area contributed by atoms with Gasteiger partial charge in [-0.15, -0.1) is 0 Å². The van der Waals surface area contributed by atoms with Crippen molar-refractivity contribution >= 4 is 51.9 Å². The average Bonchev–Trinajstić information content (AvgIpc) is 3.42. The van der Waals surface area contributed by atoms with Crippen LogP contribution in [0.2, 0.25) is 5.02 Å². The number of amides is 1. The first-order chi connectivity index (χ1) is 17.0. The summed E-state index contributed by atoms with van der Waals surface area (Å²) in [5.74, 6) is 0.648. The molecule has 0 bridgehead atoms. The van der Waals surface area contributed by atoms with Crippen LogP contribution in [0.1, 0.15) is 11.1 Å². The fourth-order valence-electron chi connectivity index (χ4n) is 3.73. The molecule has 0 N–H and O–H groups in total. The van der Waals surface area contributed by atoms with E-state index in [0.29, 0.717) is 20.8 Å². The monoisotopic (exact) mass is 517 g/mol. The molecule has 0 radical (unpaired) electrons. The van der Waals surface area contributed by atoms with Gasteiger partial charge < -0.3 is 4.74 Å². The lowest BCUT2D eigenvalue weighted by Gasteiger charge is -2.14. The van der Waals surface area contributed by atoms with E-state index < -0.39 is 0 Å². The van der Waals surface area contributed by atoms with Gasteiger partial charge in [-0.3, -0.25) is 9.69 Å². The van der Waals surface area contributed by atoms with Gasteiger partial charge in [0, 0.05) is 22.3 Å². The van der Waals surface area contributed by atoms with Gasteiger partial charge >= 0.3 is 0 Å². The van der Waals surface area contributed by atoms with Crippen molar-refractivity contribution in [2.45, 2.75) is 6.54 Å². The molecule has 8 heteroatoms. The number of ether oxygens (including phenoxy) is 1. The molecule has 5 nitrogen and oxygen atoms in total. The number of carbonyl (C=O) groups is 1. The number of halogens is 1. The molecule has 5 rings (SSSR count). The smallest absolute Gasteiger partial charge is 0.266 e. The molecule has 0 atom stereocenters. The summed E-state index contributed by atoms with van der Waals surface area (Å²) in [6.45, 7) is 0.402. The highest BCUT2D eigenvalue weighted by Gasteiger charge is 2.32. The zero-order valence-electron chi connectivity index (χ0n) is 18.7. The van der Waals surface area contributed by atoms with Gasteiger partial charge in [-0.1, -0.05) is 78.0 Å². The van der Waals surface area contributed by atoms with Crippen molar-refractivity contribution in [1.82, 2.24) is 14.7 Å². The van der Waals surface area contributed by atoms with Crippen LogP contribution in [0.4, 0.5) is 0 Å². The second kappa shape index (κ2) is 10.1. The molecule has 1 aromatic heterocycles. The molecule has 1 aliphatic rings. The zero-order valence-corrected chi connectivity index (χ0v) is 21.1. The van der Waals surface area contributed by atoms with Gasteiger partial charge in [0.15, 0.2) is 0 Å². The SMILES string of the molecule is COc1ccc(CN2C(=O)C(=Cc3cn(-c4ccccc4)nc3-c3ccc(Cl)cc3)SC2=S)cc1. The van der Waals surface area contributed by atoms with Crippen LogP contribution in [0.5, 0.6) is 5.75 Å². The lowest BCUT2D eigenvalue weighted by atomic mass is 10.1. The first kappa shape index (κ1) is 23.4. The molecule has 174 valence electrons. The molecular weight excluding hydrogens is 498 g/mol. The van der Waals surface area contributed by atoms with E-state index in [1.165, 1.54) is 11.8 Å². The molecule has 0 saturated carbocycles. The van der Waals surface area contributed by atoms with E-state index in [0.717, 1.165) is 33.8 Å². The molecule has 0 unspecified atom stereocenters. The summed E-state index contributed by atoms with van der Waals surface area (Å²) in [6.07, 6.45) is 3.79. The van der Waals surface area contributed by atoms with E-state index in [1.807, 2.05) is 95.8 Å². The Hall–Kier alpha value is -3.39. The van der Waals surface area contributed by atoms with E-state index in [9.17, 15) is 4.79 Å². The van der Waals surface area contributed by atoms with Crippen molar-refractivity contribution < 1.29 is 9.53 Å². The van der Waals surface area contributed by atoms with Crippen LogP contribution in [0.25, 0.3) is 23.0 Å². The second-order valence-corrected chi connectivity index (χ2v) is 9.95. The van der Waals surface area contributed by atoms with Crippen LogP contribution in [-0.2, 0) is 11.3 Å². The molecule has 35 heavy (non-hydrogen) atoms. The minimum Gasteiger partial charge on any atom is -0.497 e. The van der Waals surface area contributed by atoms with Crippen molar-refractivity contribution in [2.24, 2.45) is 0 Å². The van der Waals surface area contributed by atoms with Crippen molar-refractivity contribution in [1.29, 1.82) is 0 Å². The van der Waals surface area contributed by atoms with Crippen molar-refractivity contribution in [2.75, 3.05) is 7.11 Å². The third kappa shape index (κ3) is 5.03. The molecule has 1 aliphatic heterocycles. The molecule has 0 spiro atoms. The normalized spacial score (nSPS) is 14.7. The summed E-state index contributed by atoms with van der Waals surface area (Å²) < 4.78 is 7.56. The van der Waals surface area contributed by atoms with Gasteiger partial charge in [-0.25, -0.2) is 4.68 Å². The van der Waals surface area contributed by atoms with Gasteiger partial charge in [-0.2, -0.15) is 5.10 Å². The number of thiocarbonyl (C=S) groups is 1. The lowest BCUT2D eigenvalue weighted by Crippen LogP contribution is -2.27. The van der Waals surface area contributed by atoms with Crippen molar-refractivity contribution in [3.05, 3.63) is 106 Å². The van der Waals surface area contributed by atoms with Crippen LogP contribution in [0.15, 0.2) is 90.0 Å². The number of benzene rings is 3. The number of rotatable bonds is 6. The van der Waals surface area contributed by atoms with Crippen molar-refractivity contribution in [3.8, 4) is 22.7 Å². The number of nitrogens with zero attached hydrogens (tertiary/aromatic N) is 3. The van der Waals surface area contributed by atoms with Gasteiger partial charge in [-0.05, 0) is 48.0 Å². The molecular formula is C27H20ClN3O2S2. The molecule has 3 aromatic carbocycles. The minimum absolute atomic E-state index is 0.120. The maximum Gasteiger partial charge on any atom is 0.266 e. The van der Waals surface area contributed by atoms with Gasteiger partial charge in [0.25, 0.3) is 5.91 Å². The topological polar surface area (TPSA) is 47.4 Å². The molecule has 0 aliphatic carbocycles. The van der Waals surface area contributed by atoms with Crippen LogP contribution in [0.3, 0.4) is 0 Å². The first-order valence-corrected chi connectivity index (χ1v) is 12.4. The van der Waals surface area contributed by atoms with Crippen molar-refractivity contribution in [3.63, 3.8) is 0 Å². The van der Waals surface area contributed by atoms with Gasteiger partial charge in [0.05, 0.1) is 29.9 Å². The summed E-state index contributed by atoms with van der Waals surface area (Å²) in [5.41, 5.74) is 4.38. The highest BCUT2D eigenvalue weighted by Crippen LogP contribution is 2.36. The van der Waals surface area contributed by atoms with Gasteiger partial charge in [0.1, 0.15) is 10.1 Å². The van der Waals surface area contributed by atoms with Crippen LogP contribution >= 0.6 is 35.6 Å². The Kier molecular flexibility index (Phi) is 6.72. The summed E-state index contributed by atoms with van der Waals surface area (Å²) in [7, 11) is 1.63. The Morgan fingerprint density at radius 3 is 2.43 bits per heavy atom. The molecule has 4 aromatic rings. The molecule has 1 amide bonds. The Bertz CT molecular complexity index is 1420. The van der Waals surface area contributed by atoms with E-state index in [1.54, 1.807) is 12.0 Å². The zero-order chi connectivity index (χ0) is 24.4. The largest absolute Gasteiger partial charge is 0.497 e. The maximum atomic E-state index is 13.3. The Balaban J connectivity index is 1.49. The van der Waals surface area contributed by atoms with Gasteiger partial charge in [0.2, 0.25) is 0 Å². The summed E-state index contributed by atoms with van der Waals surface area (Å²) in [6, 6.07) is 25.0. The third-order valence-electron chi connectivity index (χ3n) is 5.54. The standard InChI is InChI=1S/C27H20ClN3O2S2/c1-33-23-13-7-18(8-14-23)16-30-26(32)24(35-27(30)34)15-20-17-31(22-5-3-2-4-6-22)29-25(20)19-9-11-21(28)12-10-19/h2-15,17H,16H2,1H3. The molecule has 1 saturated heterocycles. The fraction of sp³-hybridized carbons (Fsp3) is 0.0741. The quantitative estimate of drug-likeness (QED) is 0.213. The predicted molar refractivity (Wildman–Crippen MR) is 146 cm³/mol. The Morgan fingerprint density at radius 1 is 1.03 bits per heavy atom. The summed E-state index contributed by atoms with van der Waals surface area (Å²) in [5, 5.41) is 5.47. The lowest BCUT2D eigenvalue weighted by molar-refractivity contribution is -0.122. The number of hydrogen-bond acceptors (Lipinski definition) is 5. The van der Waals surface area contributed by atoms with E-state index >= 15 is 0 Å². The molecule has 1 fully saturated rings. The van der Waals surface area contributed by atoms with Crippen LogP contribution < -0.4 is 4.74 Å². The minimum atomic E-state index is -0.120. The highest BCUT2D eigenvalue weighted by molar-refractivity contribution is 8.26. The second-order valence-electron chi connectivity index (χ2n) is 7.84. The Labute approximate surface area is 218 Å². The van der Waals surface area contributed by atoms with Crippen LogP contribution in [0, 0.1) is 0 Å². The Morgan fingerprint density at radius 2 is 1.74 bits per heavy atom. The van der Waals surface area contributed by atoms with Crippen LogP contribution in [-0.4, -0.2) is 32.0 Å². The number of hydrogen-bond donors (Lipinski definition) is 0. The summed E-state index contributed by atoms with van der Waals surface area (Å²) >= 11 is 12.9. The number of para-hydroxylation sites is 1. The van der Waals surface area contributed by atoms with E-state index in [4.69, 9.17) is 33.7 Å². The third-order valence-corrected chi connectivity index (χ3v) is 7.17. The number of methoxy groups -OCH3 is 1. The first-order valence-electron chi connectivity index (χ1n) is 10.8. The highest BCUT2D eigenvalue weighted by atomic mass is 35.5. The predicted octanol–water partition coefficient (Wildman–Crippen LogP) is 6.60. The van der Waals surface area contributed by atoms with E-state index in [2.05, 4.69) is 0 Å². The fourth-order valence-corrected chi connectivity index (χ4v) is 5.10. The summed E-state index contributed by atoms with van der Waals surface area (Å²) in [4.78, 5) is 15.5. The maximum absolute atomic E-state index is 13.3. The number of thioether (sulfide) groups is 1. The molecule has 2 heterocycles. The van der Waals surface area contributed by atoms with E-state index in [-0.39, 0.29) is 5.91 Å².